The van der Waals surface area contributed by atoms with Crippen molar-refractivity contribution in [2.45, 2.75) is 26.7 Å². The zero-order valence-corrected chi connectivity index (χ0v) is 14.1. The highest BCUT2D eigenvalue weighted by Crippen LogP contribution is 2.22. The van der Waals surface area contributed by atoms with Crippen molar-refractivity contribution in [3.8, 4) is 0 Å². The number of ketones is 1. The second kappa shape index (κ2) is 6.83. The Hall–Kier alpha value is -2.68. The van der Waals surface area contributed by atoms with Crippen molar-refractivity contribution in [3.63, 3.8) is 0 Å². The largest absolute Gasteiger partial charge is 0.312 e. The van der Waals surface area contributed by atoms with Gasteiger partial charge in [0.05, 0.1) is 0 Å². The molecule has 1 aliphatic rings. The number of carbonyl (C=O) groups excluding carboxylic acids is 2. The maximum absolute atomic E-state index is 12.3. The van der Waals surface area contributed by atoms with Gasteiger partial charge in [0.1, 0.15) is 0 Å². The first-order chi connectivity index (χ1) is 11.5. The van der Waals surface area contributed by atoms with E-state index in [0.717, 1.165) is 29.8 Å². The normalized spacial score (nSPS) is 14.6. The first-order valence-electron chi connectivity index (χ1n) is 8.25. The van der Waals surface area contributed by atoms with E-state index in [9.17, 15) is 9.59 Å². The molecule has 3 heteroatoms. The minimum absolute atomic E-state index is 0.0322. The summed E-state index contributed by atoms with van der Waals surface area (Å²) >= 11 is 0. The molecule has 0 aromatic heterocycles. The Kier molecular flexibility index (Phi) is 4.61. The smallest absolute Gasteiger partial charge is 0.227 e. The van der Waals surface area contributed by atoms with Crippen molar-refractivity contribution in [1.29, 1.82) is 0 Å². The van der Waals surface area contributed by atoms with E-state index in [2.05, 4.69) is 18.2 Å². The number of allylic oxidation sites excluding steroid dienone is 1. The number of hydrogen-bond acceptors (Lipinski definition) is 2. The highest BCUT2D eigenvalue weighted by molar-refractivity contribution is 6.07. The number of benzene rings is 2. The molecule has 0 aliphatic carbocycles. The Morgan fingerprint density at radius 3 is 2.50 bits per heavy atom. The lowest BCUT2D eigenvalue weighted by atomic mass is 10.0. The summed E-state index contributed by atoms with van der Waals surface area (Å²) in [5.74, 6) is 0.124. The van der Waals surface area contributed by atoms with Crippen LogP contribution in [0.1, 0.15) is 39.9 Å². The fourth-order valence-corrected chi connectivity index (χ4v) is 2.93. The average molecular weight is 319 g/mol. The van der Waals surface area contributed by atoms with E-state index < -0.39 is 0 Å². The van der Waals surface area contributed by atoms with Crippen LogP contribution in [-0.4, -0.2) is 18.2 Å². The first-order valence-corrected chi connectivity index (χ1v) is 8.25. The third-order valence-corrected chi connectivity index (χ3v) is 4.39. The predicted octanol–water partition coefficient (Wildman–Crippen LogP) is 4.33. The molecule has 0 N–H and O–H groups in total. The Bertz CT molecular complexity index is 803. The molecule has 2 aromatic rings. The van der Waals surface area contributed by atoms with Crippen molar-refractivity contribution < 1.29 is 9.59 Å². The van der Waals surface area contributed by atoms with Crippen LogP contribution in [-0.2, 0) is 4.79 Å². The summed E-state index contributed by atoms with van der Waals surface area (Å²) < 4.78 is 0. The van der Waals surface area contributed by atoms with Gasteiger partial charge in [-0.25, -0.2) is 0 Å². The monoisotopic (exact) mass is 319 g/mol. The van der Waals surface area contributed by atoms with Gasteiger partial charge in [-0.1, -0.05) is 29.8 Å². The Labute approximate surface area is 142 Å². The standard InChI is InChI=1S/C21H21NO2/c1-15-5-6-16(2)18(14-15)9-12-20(23)17-7-10-19(11-8-17)22-13-3-4-21(22)24/h5-12,14H,3-4,13H2,1-2H3/b12-9+. The lowest BCUT2D eigenvalue weighted by molar-refractivity contribution is -0.117. The van der Waals surface area contributed by atoms with Gasteiger partial charge in [-0.15, -0.1) is 0 Å². The van der Waals surface area contributed by atoms with E-state index in [1.165, 1.54) is 5.56 Å². The molecule has 1 amide bonds. The van der Waals surface area contributed by atoms with Crippen molar-refractivity contribution in [3.05, 3.63) is 70.8 Å². The molecule has 0 bridgehead atoms. The van der Waals surface area contributed by atoms with Crippen LogP contribution in [0.4, 0.5) is 5.69 Å². The van der Waals surface area contributed by atoms with Gasteiger partial charge in [0.25, 0.3) is 0 Å². The first kappa shape index (κ1) is 16.2. The molecule has 0 atom stereocenters. The summed E-state index contributed by atoms with van der Waals surface area (Å²) in [6, 6.07) is 13.5. The van der Waals surface area contributed by atoms with Crippen LogP contribution in [0, 0.1) is 13.8 Å². The molecule has 0 saturated carbocycles. The molecule has 0 spiro atoms. The molecule has 1 fully saturated rings. The van der Waals surface area contributed by atoms with Gasteiger partial charge < -0.3 is 4.90 Å². The molecular weight excluding hydrogens is 298 g/mol. The number of rotatable bonds is 4. The summed E-state index contributed by atoms with van der Waals surface area (Å²) in [7, 11) is 0. The molecule has 3 nitrogen and oxygen atoms in total. The number of aryl methyl sites for hydroxylation is 2. The van der Waals surface area contributed by atoms with Gasteiger partial charge in [0.15, 0.2) is 5.78 Å². The third kappa shape index (κ3) is 3.46. The van der Waals surface area contributed by atoms with E-state index >= 15 is 0 Å². The number of nitrogens with zero attached hydrogens (tertiary/aromatic N) is 1. The van der Waals surface area contributed by atoms with Crippen LogP contribution in [0.2, 0.25) is 0 Å². The van der Waals surface area contributed by atoms with Gasteiger partial charge >= 0.3 is 0 Å². The molecule has 0 radical (unpaired) electrons. The molecule has 3 rings (SSSR count). The summed E-state index contributed by atoms with van der Waals surface area (Å²) in [6.45, 7) is 4.83. The second-order valence-corrected chi connectivity index (χ2v) is 6.25. The van der Waals surface area contributed by atoms with E-state index in [4.69, 9.17) is 0 Å². The van der Waals surface area contributed by atoms with Gasteiger partial charge in [-0.05, 0) is 61.7 Å². The summed E-state index contributed by atoms with van der Waals surface area (Å²) in [6.07, 6.45) is 4.98. The molecule has 0 unspecified atom stereocenters. The van der Waals surface area contributed by atoms with Crippen LogP contribution in [0.25, 0.3) is 6.08 Å². The van der Waals surface area contributed by atoms with Gasteiger partial charge in [0, 0.05) is 24.2 Å². The highest BCUT2D eigenvalue weighted by Gasteiger charge is 2.21. The van der Waals surface area contributed by atoms with Crippen LogP contribution in [0.5, 0.6) is 0 Å². The molecule has 1 saturated heterocycles. The van der Waals surface area contributed by atoms with Crippen LogP contribution >= 0.6 is 0 Å². The maximum atomic E-state index is 12.3. The Morgan fingerprint density at radius 1 is 1.08 bits per heavy atom. The fraction of sp³-hybridized carbons (Fsp3) is 0.238. The predicted molar refractivity (Wildman–Crippen MR) is 97.3 cm³/mol. The molecule has 1 aliphatic heterocycles. The topological polar surface area (TPSA) is 37.4 Å². The lowest BCUT2D eigenvalue weighted by Gasteiger charge is -2.15. The van der Waals surface area contributed by atoms with Gasteiger partial charge in [-0.2, -0.15) is 0 Å². The summed E-state index contributed by atoms with van der Waals surface area (Å²) in [5, 5.41) is 0. The van der Waals surface area contributed by atoms with Crippen molar-refractivity contribution >= 4 is 23.5 Å². The number of amides is 1. The summed E-state index contributed by atoms with van der Waals surface area (Å²) in [4.78, 5) is 25.9. The number of hydrogen-bond donors (Lipinski definition) is 0. The summed E-state index contributed by atoms with van der Waals surface area (Å²) in [5.41, 5.74) is 4.88. The zero-order chi connectivity index (χ0) is 17.1. The van der Waals surface area contributed by atoms with Crippen molar-refractivity contribution in [2.75, 3.05) is 11.4 Å². The molecule has 122 valence electrons. The van der Waals surface area contributed by atoms with Crippen LogP contribution in [0.15, 0.2) is 48.5 Å². The molecule has 1 heterocycles. The minimum atomic E-state index is -0.0322. The van der Waals surface area contributed by atoms with Crippen LogP contribution in [0.3, 0.4) is 0 Å². The van der Waals surface area contributed by atoms with Gasteiger partial charge in [-0.3, -0.25) is 9.59 Å². The zero-order valence-electron chi connectivity index (χ0n) is 14.1. The minimum Gasteiger partial charge on any atom is -0.312 e. The molecule has 24 heavy (non-hydrogen) atoms. The molecule has 2 aromatic carbocycles. The average Bonchev–Trinajstić information content (AvgIpc) is 3.01. The Balaban J connectivity index is 1.74. The SMILES string of the molecule is Cc1ccc(C)c(/C=C/C(=O)c2ccc(N3CCCC3=O)cc2)c1. The van der Waals surface area contributed by atoms with E-state index in [0.29, 0.717) is 12.0 Å². The Morgan fingerprint density at radius 2 is 1.83 bits per heavy atom. The molecular formula is C21H21NO2. The van der Waals surface area contributed by atoms with Crippen molar-refractivity contribution in [2.24, 2.45) is 0 Å². The van der Waals surface area contributed by atoms with Crippen LogP contribution < -0.4 is 4.90 Å². The highest BCUT2D eigenvalue weighted by atomic mass is 16.2. The van der Waals surface area contributed by atoms with Gasteiger partial charge in [0.2, 0.25) is 5.91 Å². The number of anilines is 1. The maximum Gasteiger partial charge on any atom is 0.227 e. The third-order valence-electron chi connectivity index (χ3n) is 4.39. The van der Waals surface area contributed by atoms with E-state index in [-0.39, 0.29) is 11.7 Å². The quantitative estimate of drug-likeness (QED) is 0.621. The van der Waals surface area contributed by atoms with E-state index in [1.807, 2.05) is 32.1 Å². The number of carbonyl (C=O) groups is 2. The fourth-order valence-electron chi connectivity index (χ4n) is 2.93. The van der Waals surface area contributed by atoms with Crippen molar-refractivity contribution in [1.82, 2.24) is 0 Å². The lowest BCUT2D eigenvalue weighted by Crippen LogP contribution is -2.23. The second-order valence-electron chi connectivity index (χ2n) is 6.25. The van der Waals surface area contributed by atoms with E-state index in [1.54, 1.807) is 23.1 Å².